The summed E-state index contributed by atoms with van der Waals surface area (Å²) in [6.45, 7) is 6.79. The van der Waals surface area contributed by atoms with Crippen LogP contribution in [0, 0.1) is 5.92 Å². The number of hydrogen-bond donors (Lipinski definition) is 1. The van der Waals surface area contributed by atoms with Crippen molar-refractivity contribution in [2.45, 2.75) is 71.0 Å². The fraction of sp³-hybridized carbons (Fsp3) is 1.00. The molecule has 0 spiro atoms. The molecule has 1 rings (SSSR count). The third kappa shape index (κ3) is 4.52. The van der Waals surface area contributed by atoms with E-state index in [0.29, 0.717) is 12.5 Å². The van der Waals surface area contributed by atoms with Gasteiger partial charge in [-0.3, -0.25) is 0 Å². The highest BCUT2D eigenvalue weighted by Crippen LogP contribution is 2.36. The molecule has 90 valence electrons. The second-order valence-electron chi connectivity index (χ2n) is 5.50. The fourth-order valence-electron chi connectivity index (χ4n) is 2.64. The Kier molecular flexibility index (Phi) is 5.07. The molecular weight excluding hydrogens is 188 g/mol. The van der Waals surface area contributed by atoms with E-state index in [2.05, 4.69) is 13.8 Å². The summed E-state index contributed by atoms with van der Waals surface area (Å²) in [5.74, 6) is 0.678. The minimum atomic E-state index is -0.337. The van der Waals surface area contributed by atoms with Gasteiger partial charge in [-0.2, -0.15) is 0 Å². The molecule has 0 aromatic heterocycles. The molecule has 2 heteroatoms. The molecule has 0 aromatic rings. The van der Waals surface area contributed by atoms with Crippen molar-refractivity contribution in [3.8, 4) is 0 Å². The number of aliphatic hydroxyl groups is 1. The average molecular weight is 214 g/mol. The standard InChI is InChI=1S/C13H26O2/c1-11(2)9-13(15-10-12(3)14)7-5-4-6-8-13/h11-12,14H,4-10H2,1-3H3. The zero-order valence-corrected chi connectivity index (χ0v) is 10.5. The number of ether oxygens (including phenoxy) is 1. The van der Waals surface area contributed by atoms with Crippen LogP contribution in [-0.4, -0.2) is 23.4 Å². The Morgan fingerprint density at radius 1 is 1.13 bits per heavy atom. The van der Waals surface area contributed by atoms with E-state index < -0.39 is 0 Å². The van der Waals surface area contributed by atoms with Crippen LogP contribution in [0.3, 0.4) is 0 Å². The maximum absolute atomic E-state index is 9.31. The molecule has 1 aliphatic carbocycles. The van der Waals surface area contributed by atoms with Gasteiger partial charge in [0.25, 0.3) is 0 Å². The van der Waals surface area contributed by atoms with Gasteiger partial charge in [0.2, 0.25) is 0 Å². The van der Waals surface area contributed by atoms with Crippen LogP contribution in [0.5, 0.6) is 0 Å². The lowest BCUT2D eigenvalue weighted by Crippen LogP contribution is -2.38. The van der Waals surface area contributed by atoms with E-state index in [4.69, 9.17) is 4.74 Å². The highest BCUT2D eigenvalue weighted by molar-refractivity contribution is 4.85. The van der Waals surface area contributed by atoms with Crippen LogP contribution in [0.15, 0.2) is 0 Å². The van der Waals surface area contributed by atoms with Gasteiger partial charge in [-0.15, -0.1) is 0 Å². The van der Waals surface area contributed by atoms with Gasteiger partial charge in [0.05, 0.1) is 18.3 Å². The van der Waals surface area contributed by atoms with E-state index in [0.717, 1.165) is 6.42 Å². The summed E-state index contributed by atoms with van der Waals surface area (Å²) in [4.78, 5) is 0. The molecule has 0 aromatic carbocycles. The Morgan fingerprint density at radius 2 is 1.73 bits per heavy atom. The summed E-state index contributed by atoms with van der Waals surface area (Å²) >= 11 is 0. The van der Waals surface area contributed by atoms with Crippen LogP contribution in [-0.2, 0) is 4.74 Å². The summed E-state index contributed by atoms with van der Waals surface area (Å²) in [6, 6.07) is 0. The van der Waals surface area contributed by atoms with Crippen molar-refractivity contribution in [2.75, 3.05) is 6.61 Å². The van der Waals surface area contributed by atoms with Gasteiger partial charge >= 0.3 is 0 Å². The Hall–Kier alpha value is -0.0800. The van der Waals surface area contributed by atoms with Gasteiger partial charge in [0, 0.05) is 0 Å². The predicted molar refractivity (Wildman–Crippen MR) is 62.9 cm³/mol. The van der Waals surface area contributed by atoms with Crippen molar-refractivity contribution in [2.24, 2.45) is 5.92 Å². The molecule has 1 N–H and O–H groups in total. The molecule has 1 aliphatic rings. The zero-order valence-electron chi connectivity index (χ0n) is 10.5. The Labute approximate surface area is 94.0 Å². The zero-order chi connectivity index (χ0) is 11.3. The minimum Gasteiger partial charge on any atom is -0.391 e. The molecule has 1 atom stereocenters. The number of hydrogen-bond acceptors (Lipinski definition) is 2. The summed E-state index contributed by atoms with van der Waals surface area (Å²) in [5.41, 5.74) is 0.0728. The first-order chi connectivity index (χ1) is 7.04. The molecule has 1 saturated carbocycles. The lowest BCUT2D eigenvalue weighted by atomic mass is 9.79. The van der Waals surface area contributed by atoms with E-state index in [1.165, 1.54) is 32.1 Å². The first-order valence-electron chi connectivity index (χ1n) is 6.36. The lowest BCUT2D eigenvalue weighted by molar-refractivity contribution is -0.106. The first kappa shape index (κ1) is 13.0. The van der Waals surface area contributed by atoms with Crippen LogP contribution in [0.25, 0.3) is 0 Å². The summed E-state index contributed by atoms with van der Waals surface area (Å²) in [7, 11) is 0. The van der Waals surface area contributed by atoms with Gasteiger partial charge in [0.1, 0.15) is 0 Å². The smallest absolute Gasteiger partial charge is 0.0745 e. The van der Waals surface area contributed by atoms with E-state index in [1.54, 1.807) is 6.92 Å². The quantitative estimate of drug-likeness (QED) is 0.762. The van der Waals surface area contributed by atoms with Gasteiger partial charge < -0.3 is 9.84 Å². The number of aliphatic hydroxyl groups excluding tert-OH is 1. The molecule has 0 amide bonds. The van der Waals surface area contributed by atoms with E-state index in [1.807, 2.05) is 0 Å². The van der Waals surface area contributed by atoms with Crippen LogP contribution in [0.2, 0.25) is 0 Å². The van der Waals surface area contributed by atoms with Gasteiger partial charge in [-0.05, 0) is 32.1 Å². The summed E-state index contributed by atoms with van der Waals surface area (Å²) in [5, 5.41) is 9.31. The summed E-state index contributed by atoms with van der Waals surface area (Å²) < 4.78 is 5.99. The monoisotopic (exact) mass is 214 g/mol. The largest absolute Gasteiger partial charge is 0.391 e. The lowest BCUT2D eigenvalue weighted by Gasteiger charge is -2.39. The Morgan fingerprint density at radius 3 is 2.20 bits per heavy atom. The van der Waals surface area contributed by atoms with Crippen molar-refractivity contribution in [3.63, 3.8) is 0 Å². The molecule has 15 heavy (non-hydrogen) atoms. The highest BCUT2D eigenvalue weighted by Gasteiger charge is 2.33. The van der Waals surface area contributed by atoms with Crippen molar-refractivity contribution >= 4 is 0 Å². The van der Waals surface area contributed by atoms with E-state index in [9.17, 15) is 5.11 Å². The third-order valence-corrected chi connectivity index (χ3v) is 3.18. The third-order valence-electron chi connectivity index (χ3n) is 3.18. The molecule has 0 aliphatic heterocycles. The maximum atomic E-state index is 9.31. The van der Waals surface area contributed by atoms with E-state index >= 15 is 0 Å². The molecule has 0 bridgehead atoms. The van der Waals surface area contributed by atoms with E-state index in [-0.39, 0.29) is 11.7 Å². The number of rotatable bonds is 5. The van der Waals surface area contributed by atoms with Gasteiger partial charge in [0.15, 0.2) is 0 Å². The molecule has 0 saturated heterocycles. The second kappa shape index (κ2) is 5.86. The van der Waals surface area contributed by atoms with Crippen LogP contribution >= 0.6 is 0 Å². The second-order valence-corrected chi connectivity index (χ2v) is 5.50. The molecule has 0 radical (unpaired) electrons. The maximum Gasteiger partial charge on any atom is 0.0745 e. The molecular formula is C13H26O2. The van der Waals surface area contributed by atoms with Crippen LogP contribution in [0.4, 0.5) is 0 Å². The molecule has 2 nitrogen and oxygen atoms in total. The van der Waals surface area contributed by atoms with Crippen molar-refractivity contribution in [1.82, 2.24) is 0 Å². The SMILES string of the molecule is CC(C)CC1(OCC(C)O)CCCCC1. The van der Waals surface area contributed by atoms with Crippen LogP contribution in [0.1, 0.15) is 59.3 Å². The average Bonchev–Trinajstić information content (AvgIpc) is 2.15. The van der Waals surface area contributed by atoms with Crippen molar-refractivity contribution in [1.29, 1.82) is 0 Å². The predicted octanol–water partition coefficient (Wildman–Crippen LogP) is 3.13. The van der Waals surface area contributed by atoms with Crippen molar-refractivity contribution < 1.29 is 9.84 Å². The van der Waals surface area contributed by atoms with Gasteiger partial charge in [-0.25, -0.2) is 0 Å². The normalized spacial score (nSPS) is 23.0. The first-order valence-corrected chi connectivity index (χ1v) is 6.36. The van der Waals surface area contributed by atoms with Gasteiger partial charge in [-0.1, -0.05) is 33.1 Å². The fourth-order valence-corrected chi connectivity index (χ4v) is 2.64. The Bertz CT molecular complexity index is 169. The molecule has 1 fully saturated rings. The minimum absolute atomic E-state index is 0.0728. The molecule has 0 heterocycles. The Balaban J connectivity index is 2.50. The molecule has 1 unspecified atom stereocenters. The topological polar surface area (TPSA) is 29.5 Å². The highest BCUT2D eigenvalue weighted by atomic mass is 16.5. The summed E-state index contributed by atoms with van der Waals surface area (Å²) in [6.07, 6.45) is 7.07. The van der Waals surface area contributed by atoms with Crippen molar-refractivity contribution in [3.05, 3.63) is 0 Å². The van der Waals surface area contributed by atoms with Crippen LogP contribution < -0.4 is 0 Å².